The van der Waals surface area contributed by atoms with Gasteiger partial charge in [-0.2, -0.15) is 0 Å². The van der Waals surface area contributed by atoms with Gasteiger partial charge in [0.1, 0.15) is 12.3 Å². The van der Waals surface area contributed by atoms with E-state index in [0.717, 1.165) is 0 Å². The standard InChI is InChI=1S/C15H14ClN3O3S/c1-15(2)13(21)19(8-12(20)18-14-17-5-6-23-14)10-7-9(16)3-4-11(10)22-15/h3-7H,8H2,1-2H3,(H,17,18,20). The monoisotopic (exact) mass is 351 g/mol. The molecule has 1 aromatic heterocycles. The third kappa shape index (κ3) is 3.16. The number of hydrogen-bond acceptors (Lipinski definition) is 5. The second kappa shape index (κ2) is 5.82. The van der Waals surface area contributed by atoms with Gasteiger partial charge >= 0.3 is 0 Å². The van der Waals surface area contributed by atoms with Gasteiger partial charge in [-0.1, -0.05) is 11.6 Å². The van der Waals surface area contributed by atoms with E-state index in [1.807, 2.05) is 0 Å². The molecule has 2 aromatic rings. The SMILES string of the molecule is CC1(C)Oc2ccc(Cl)cc2N(CC(=O)Nc2nccs2)C1=O. The van der Waals surface area contributed by atoms with Crippen LogP contribution in [0.5, 0.6) is 5.75 Å². The lowest BCUT2D eigenvalue weighted by Gasteiger charge is -2.38. The Labute approximate surface area is 142 Å². The van der Waals surface area contributed by atoms with Crippen LogP contribution in [0.4, 0.5) is 10.8 Å². The number of ether oxygens (including phenoxy) is 1. The molecule has 0 spiro atoms. The summed E-state index contributed by atoms with van der Waals surface area (Å²) in [5.41, 5.74) is -0.571. The van der Waals surface area contributed by atoms with Crippen molar-refractivity contribution in [2.75, 3.05) is 16.8 Å². The Kier molecular flexibility index (Phi) is 3.99. The Bertz CT molecular complexity index is 761. The fraction of sp³-hybridized carbons (Fsp3) is 0.267. The molecule has 1 aromatic carbocycles. The highest BCUT2D eigenvalue weighted by Crippen LogP contribution is 2.39. The van der Waals surface area contributed by atoms with Crippen molar-refractivity contribution in [3.05, 3.63) is 34.8 Å². The molecule has 0 saturated carbocycles. The fourth-order valence-corrected chi connectivity index (χ4v) is 3.00. The molecule has 0 radical (unpaired) electrons. The van der Waals surface area contributed by atoms with Gasteiger partial charge in [-0.25, -0.2) is 4.98 Å². The van der Waals surface area contributed by atoms with Crippen LogP contribution < -0.4 is 15.0 Å². The molecular formula is C15H14ClN3O3S. The number of aromatic nitrogens is 1. The Hall–Kier alpha value is -2.12. The Morgan fingerprint density at radius 3 is 2.96 bits per heavy atom. The number of benzene rings is 1. The molecule has 2 amide bonds. The molecule has 3 rings (SSSR count). The number of rotatable bonds is 3. The van der Waals surface area contributed by atoms with E-state index < -0.39 is 5.60 Å². The maximum Gasteiger partial charge on any atom is 0.271 e. The Morgan fingerprint density at radius 2 is 2.26 bits per heavy atom. The van der Waals surface area contributed by atoms with Crippen LogP contribution in [-0.2, 0) is 9.59 Å². The van der Waals surface area contributed by atoms with E-state index >= 15 is 0 Å². The molecule has 0 unspecified atom stereocenters. The molecular weight excluding hydrogens is 338 g/mol. The number of fused-ring (bicyclic) bond motifs is 1. The maximum absolute atomic E-state index is 12.6. The van der Waals surface area contributed by atoms with E-state index in [1.54, 1.807) is 43.6 Å². The second-order valence-electron chi connectivity index (χ2n) is 5.50. The van der Waals surface area contributed by atoms with E-state index in [9.17, 15) is 9.59 Å². The number of nitrogens with zero attached hydrogens (tertiary/aromatic N) is 2. The summed E-state index contributed by atoms with van der Waals surface area (Å²) in [5, 5.41) is 5.37. The zero-order chi connectivity index (χ0) is 16.6. The van der Waals surface area contributed by atoms with Crippen molar-refractivity contribution < 1.29 is 14.3 Å². The first-order valence-electron chi connectivity index (χ1n) is 6.87. The quantitative estimate of drug-likeness (QED) is 0.922. The van der Waals surface area contributed by atoms with Gasteiger partial charge in [-0.05, 0) is 32.0 Å². The molecule has 23 heavy (non-hydrogen) atoms. The number of nitrogens with one attached hydrogen (secondary N) is 1. The summed E-state index contributed by atoms with van der Waals surface area (Å²) in [6.07, 6.45) is 1.60. The molecule has 0 saturated heterocycles. The Balaban J connectivity index is 1.88. The van der Waals surface area contributed by atoms with E-state index in [2.05, 4.69) is 10.3 Å². The number of amides is 2. The average molecular weight is 352 g/mol. The minimum Gasteiger partial charge on any atom is -0.476 e. The minimum atomic E-state index is -1.05. The molecule has 6 nitrogen and oxygen atoms in total. The zero-order valence-corrected chi connectivity index (χ0v) is 14.1. The van der Waals surface area contributed by atoms with Crippen LogP contribution in [0.2, 0.25) is 5.02 Å². The maximum atomic E-state index is 12.6. The average Bonchev–Trinajstić information content (AvgIpc) is 2.97. The van der Waals surface area contributed by atoms with Crippen molar-refractivity contribution >= 4 is 45.6 Å². The number of carbonyl (C=O) groups excluding carboxylic acids is 2. The van der Waals surface area contributed by atoms with Crippen molar-refractivity contribution in [1.82, 2.24) is 4.98 Å². The lowest BCUT2D eigenvalue weighted by atomic mass is 10.0. The molecule has 0 fully saturated rings. The molecule has 1 aliphatic heterocycles. The van der Waals surface area contributed by atoms with Crippen molar-refractivity contribution in [3.63, 3.8) is 0 Å². The molecule has 1 aliphatic rings. The van der Waals surface area contributed by atoms with Crippen LogP contribution in [0.3, 0.4) is 0 Å². The lowest BCUT2D eigenvalue weighted by molar-refractivity contribution is -0.133. The highest BCUT2D eigenvalue weighted by atomic mass is 35.5. The van der Waals surface area contributed by atoms with Gasteiger partial charge in [0, 0.05) is 16.6 Å². The molecule has 0 atom stereocenters. The van der Waals surface area contributed by atoms with Crippen molar-refractivity contribution in [1.29, 1.82) is 0 Å². The first-order valence-corrected chi connectivity index (χ1v) is 8.12. The van der Waals surface area contributed by atoms with Crippen LogP contribution in [0, 0.1) is 0 Å². The van der Waals surface area contributed by atoms with Gasteiger partial charge in [0.2, 0.25) is 5.91 Å². The largest absolute Gasteiger partial charge is 0.476 e. The topological polar surface area (TPSA) is 71.5 Å². The van der Waals surface area contributed by atoms with Gasteiger partial charge in [-0.3, -0.25) is 14.5 Å². The van der Waals surface area contributed by atoms with Gasteiger partial charge in [0.05, 0.1) is 5.69 Å². The number of carbonyl (C=O) groups is 2. The van der Waals surface area contributed by atoms with Crippen molar-refractivity contribution in [3.8, 4) is 5.75 Å². The third-order valence-electron chi connectivity index (χ3n) is 3.32. The normalized spacial score (nSPS) is 15.8. The van der Waals surface area contributed by atoms with Crippen LogP contribution in [0.25, 0.3) is 0 Å². The van der Waals surface area contributed by atoms with E-state index in [-0.39, 0.29) is 18.4 Å². The summed E-state index contributed by atoms with van der Waals surface area (Å²) in [6.45, 7) is 3.19. The summed E-state index contributed by atoms with van der Waals surface area (Å²) in [6, 6.07) is 4.98. The molecule has 1 N–H and O–H groups in total. The van der Waals surface area contributed by atoms with Crippen LogP contribution in [0.1, 0.15) is 13.8 Å². The van der Waals surface area contributed by atoms with Gasteiger partial charge in [0.25, 0.3) is 5.91 Å². The van der Waals surface area contributed by atoms with Gasteiger partial charge in [-0.15, -0.1) is 11.3 Å². The molecule has 120 valence electrons. The predicted octanol–water partition coefficient (Wildman–Crippen LogP) is 2.94. The Morgan fingerprint density at radius 1 is 1.48 bits per heavy atom. The predicted molar refractivity (Wildman–Crippen MR) is 89.3 cm³/mol. The highest BCUT2D eigenvalue weighted by Gasteiger charge is 2.41. The lowest BCUT2D eigenvalue weighted by Crippen LogP contribution is -2.54. The molecule has 0 aliphatic carbocycles. The number of anilines is 2. The second-order valence-corrected chi connectivity index (χ2v) is 6.83. The van der Waals surface area contributed by atoms with Crippen molar-refractivity contribution in [2.45, 2.75) is 19.4 Å². The highest BCUT2D eigenvalue weighted by molar-refractivity contribution is 7.13. The summed E-state index contributed by atoms with van der Waals surface area (Å²) in [7, 11) is 0. The van der Waals surface area contributed by atoms with Gasteiger partial charge in [0.15, 0.2) is 10.7 Å². The number of halogens is 1. The molecule has 8 heteroatoms. The number of thiazole rings is 1. The summed E-state index contributed by atoms with van der Waals surface area (Å²) in [5.74, 6) is -0.125. The zero-order valence-electron chi connectivity index (χ0n) is 12.5. The third-order valence-corrected chi connectivity index (χ3v) is 4.24. The summed E-state index contributed by atoms with van der Waals surface area (Å²) < 4.78 is 5.71. The smallest absolute Gasteiger partial charge is 0.271 e. The van der Waals surface area contributed by atoms with Crippen LogP contribution in [0.15, 0.2) is 29.8 Å². The molecule has 2 heterocycles. The van der Waals surface area contributed by atoms with E-state index in [4.69, 9.17) is 16.3 Å². The fourth-order valence-electron chi connectivity index (χ4n) is 2.29. The summed E-state index contributed by atoms with van der Waals surface area (Å²) >= 11 is 7.32. The van der Waals surface area contributed by atoms with E-state index in [0.29, 0.717) is 21.6 Å². The van der Waals surface area contributed by atoms with Crippen LogP contribution in [-0.4, -0.2) is 28.9 Å². The number of hydrogen-bond donors (Lipinski definition) is 1. The van der Waals surface area contributed by atoms with Gasteiger partial charge < -0.3 is 10.1 Å². The van der Waals surface area contributed by atoms with E-state index in [1.165, 1.54) is 16.2 Å². The minimum absolute atomic E-state index is 0.140. The van der Waals surface area contributed by atoms with Crippen LogP contribution >= 0.6 is 22.9 Å². The first-order chi connectivity index (χ1) is 10.9. The summed E-state index contributed by atoms with van der Waals surface area (Å²) in [4.78, 5) is 30.2. The first kappa shape index (κ1) is 15.8. The van der Waals surface area contributed by atoms with Crippen molar-refractivity contribution in [2.24, 2.45) is 0 Å². The molecule has 0 bridgehead atoms.